The van der Waals surface area contributed by atoms with Crippen molar-refractivity contribution in [3.8, 4) is 0 Å². The van der Waals surface area contributed by atoms with E-state index in [-0.39, 0.29) is 16.6 Å². The van der Waals surface area contributed by atoms with Crippen molar-refractivity contribution in [1.82, 2.24) is 14.0 Å². The lowest BCUT2D eigenvalue weighted by Crippen LogP contribution is -2.31. The summed E-state index contributed by atoms with van der Waals surface area (Å²) in [4.78, 5) is 15.4. The Labute approximate surface area is 173 Å². The number of primary amides is 1. The predicted octanol–water partition coefficient (Wildman–Crippen LogP) is 1.66. The van der Waals surface area contributed by atoms with Gasteiger partial charge in [0.25, 0.3) is 10.0 Å². The van der Waals surface area contributed by atoms with Crippen molar-refractivity contribution in [3.05, 3.63) is 48.3 Å². The van der Waals surface area contributed by atoms with E-state index in [0.29, 0.717) is 36.3 Å². The van der Waals surface area contributed by atoms with Crippen molar-refractivity contribution in [2.75, 3.05) is 24.2 Å². The van der Waals surface area contributed by atoms with Crippen LogP contribution in [0, 0.1) is 6.92 Å². The van der Waals surface area contributed by atoms with Crippen LogP contribution in [-0.4, -0.2) is 47.7 Å². The van der Waals surface area contributed by atoms with Gasteiger partial charge in [-0.05, 0) is 25.1 Å². The van der Waals surface area contributed by atoms with Gasteiger partial charge in [0.05, 0.1) is 29.0 Å². The molecule has 1 aromatic carbocycles. The topological polar surface area (TPSA) is 146 Å². The fourth-order valence-electron chi connectivity index (χ4n) is 3.47. The van der Waals surface area contributed by atoms with Gasteiger partial charge in [0.2, 0.25) is 0 Å². The number of nitrogens with one attached hydrogen (secondary N) is 1. The number of anilines is 2. The molecule has 1 aliphatic rings. The maximum atomic E-state index is 13.1. The van der Waals surface area contributed by atoms with E-state index >= 15 is 0 Å². The molecular formula is C19H22N6O4S. The van der Waals surface area contributed by atoms with Gasteiger partial charge in [-0.15, -0.1) is 0 Å². The first kappa shape index (κ1) is 20.0. The molecule has 0 spiro atoms. The normalized spacial score (nSPS) is 17.3. The van der Waals surface area contributed by atoms with Crippen molar-refractivity contribution in [3.63, 3.8) is 0 Å². The summed E-state index contributed by atoms with van der Waals surface area (Å²) in [7, 11) is -3.82. The summed E-state index contributed by atoms with van der Waals surface area (Å²) in [5.41, 5.74) is 16.5. The number of benzene rings is 1. The number of aryl methyl sites for hydroxylation is 1. The average molecular weight is 430 g/mol. The molecule has 5 N–H and O–H groups in total. The van der Waals surface area contributed by atoms with Crippen LogP contribution in [0.5, 0.6) is 0 Å². The highest BCUT2D eigenvalue weighted by Crippen LogP contribution is 2.31. The molecule has 158 valence electrons. The molecule has 10 nitrogen and oxygen atoms in total. The van der Waals surface area contributed by atoms with Crippen LogP contribution in [0.15, 0.2) is 47.6 Å². The molecule has 1 atom stereocenters. The molecule has 1 fully saturated rings. The number of fused-ring (bicyclic) bond motifs is 1. The second-order valence-corrected chi connectivity index (χ2v) is 8.98. The molecule has 0 bridgehead atoms. The van der Waals surface area contributed by atoms with E-state index in [4.69, 9.17) is 16.2 Å². The number of rotatable bonds is 5. The Hall–Kier alpha value is -3.31. The largest absolute Gasteiger partial charge is 0.445 e. The highest BCUT2D eigenvalue weighted by atomic mass is 32.2. The zero-order chi connectivity index (χ0) is 21.5. The van der Waals surface area contributed by atoms with E-state index in [0.717, 1.165) is 9.54 Å². The third-order valence-electron chi connectivity index (χ3n) is 4.99. The maximum absolute atomic E-state index is 13.1. The zero-order valence-electron chi connectivity index (χ0n) is 16.3. The van der Waals surface area contributed by atoms with E-state index in [2.05, 4.69) is 10.4 Å². The number of nitrogens with two attached hydrogens (primary N) is 2. The second-order valence-electron chi connectivity index (χ2n) is 7.16. The molecule has 0 radical (unpaired) electrons. The lowest BCUT2D eigenvalue weighted by molar-refractivity contribution is 0.111. The summed E-state index contributed by atoms with van der Waals surface area (Å²) in [6.07, 6.45) is 2.36. The SMILES string of the molecule is Cc1ccc(S(=O)(=O)n2ccc3c(NN4CCC(OC(N)=O)C4)c(N)cnc32)cc1. The molecule has 4 rings (SSSR count). The highest BCUT2D eigenvalue weighted by molar-refractivity contribution is 7.90. The summed E-state index contributed by atoms with van der Waals surface area (Å²) in [5.74, 6) is 0. The maximum Gasteiger partial charge on any atom is 0.404 e. The van der Waals surface area contributed by atoms with Gasteiger partial charge in [0.15, 0.2) is 5.65 Å². The number of nitrogen functional groups attached to an aromatic ring is 1. The lowest BCUT2D eigenvalue weighted by atomic mass is 10.2. The number of nitrogens with zero attached hydrogens (tertiary/aromatic N) is 3. The summed E-state index contributed by atoms with van der Waals surface area (Å²) < 4.78 is 32.4. The van der Waals surface area contributed by atoms with Crippen LogP contribution in [0.4, 0.5) is 16.2 Å². The van der Waals surface area contributed by atoms with Gasteiger partial charge in [0.1, 0.15) is 6.10 Å². The quantitative estimate of drug-likeness (QED) is 0.554. The molecule has 1 aliphatic heterocycles. The molecule has 0 saturated carbocycles. The smallest absolute Gasteiger partial charge is 0.404 e. The van der Waals surface area contributed by atoms with Crippen molar-refractivity contribution in [2.45, 2.75) is 24.3 Å². The zero-order valence-corrected chi connectivity index (χ0v) is 17.1. The fraction of sp³-hybridized carbons (Fsp3) is 0.263. The van der Waals surface area contributed by atoms with Crippen LogP contribution >= 0.6 is 0 Å². The van der Waals surface area contributed by atoms with Crippen molar-refractivity contribution in [1.29, 1.82) is 0 Å². The van der Waals surface area contributed by atoms with E-state index < -0.39 is 16.1 Å². The van der Waals surface area contributed by atoms with Crippen LogP contribution in [-0.2, 0) is 14.8 Å². The standard InChI is InChI=1S/C19H22N6O4S/c1-12-2-4-14(5-3-12)30(27,28)25-9-7-15-17(16(20)10-22-18(15)25)23-24-8-6-13(11-24)29-19(21)26/h2-5,7,9-10,13H,6,8,11,20H2,1H3,(H2,21,26)(H,22,23). The minimum atomic E-state index is -3.82. The molecule has 30 heavy (non-hydrogen) atoms. The number of hydrazine groups is 1. The monoisotopic (exact) mass is 430 g/mol. The number of carbonyl (C=O) groups excluding carboxylic acids is 1. The number of hydrogen-bond acceptors (Lipinski definition) is 8. The molecule has 1 saturated heterocycles. The minimum Gasteiger partial charge on any atom is -0.445 e. The number of hydrogen-bond donors (Lipinski definition) is 3. The van der Waals surface area contributed by atoms with Gasteiger partial charge in [-0.25, -0.2) is 27.2 Å². The Kier molecular flexibility index (Phi) is 5.00. The molecule has 3 aromatic rings. The Balaban J connectivity index is 1.67. The molecule has 1 amide bonds. The predicted molar refractivity (Wildman–Crippen MR) is 112 cm³/mol. The fourth-order valence-corrected chi connectivity index (χ4v) is 4.77. The molecule has 1 unspecified atom stereocenters. The van der Waals surface area contributed by atoms with Crippen LogP contribution in [0.2, 0.25) is 0 Å². The number of amides is 1. The van der Waals surface area contributed by atoms with E-state index in [1.807, 2.05) is 11.9 Å². The van der Waals surface area contributed by atoms with E-state index in [1.165, 1.54) is 12.4 Å². The van der Waals surface area contributed by atoms with Gasteiger partial charge in [-0.3, -0.25) is 0 Å². The Bertz CT molecular complexity index is 1210. The van der Waals surface area contributed by atoms with Crippen LogP contribution in [0.25, 0.3) is 11.0 Å². The van der Waals surface area contributed by atoms with Crippen molar-refractivity contribution in [2.24, 2.45) is 5.73 Å². The molecule has 2 aromatic heterocycles. The molecule has 0 aliphatic carbocycles. The summed E-state index contributed by atoms with van der Waals surface area (Å²) in [5, 5.41) is 2.40. The van der Waals surface area contributed by atoms with Gasteiger partial charge < -0.3 is 21.6 Å². The third-order valence-corrected chi connectivity index (χ3v) is 6.67. The molecule has 3 heterocycles. The Morgan fingerprint density at radius 2 is 2.00 bits per heavy atom. The summed E-state index contributed by atoms with van der Waals surface area (Å²) >= 11 is 0. The number of aromatic nitrogens is 2. The van der Waals surface area contributed by atoms with E-state index in [9.17, 15) is 13.2 Å². The first-order valence-corrected chi connectivity index (χ1v) is 10.7. The van der Waals surface area contributed by atoms with Crippen LogP contribution in [0.1, 0.15) is 12.0 Å². The minimum absolute atomic E-state index is 0.171. The van der Waals surface area contributed by atoms with Gasteiger partial charge in [-0.2, -0.15) is 0 Å². The Morgan fingerprint density at radius 1 is 1.27 bits per heavy atom. The van der Waals surface area contributed by atoms with Gasteiger partial charge >= 0.3 is 6.09 Å². The van der Waals surface area contributed by atoms with Gasteiger partial charge in [0, 0.05) is 24.5 Å². The van der Waals surface area contributed by atoms with Gasteiger partial charge in [-0.1, -0.05) is 17.7 Å². The van der Waals surface area contributed by atoms with Crippen LogP contribution in [0.3, 0.4) is 0 Å². The highest BCUT2D eigenvalue weighted by Gasteiger charge is 2.27. The van der Waals surface area contributed by atoms with Crippen molar-refractivity contribution < 1.29 is 17.9 Å². The lowest BCUT2D eigenvalue weighted by Gasteiger charge is -2.20. The molecular weight excluding hydrogens is 408 g/mol. The first-order chi connectivity index (χ1) is 14.3. The number of carbonyl (C=O) groups is 1. The average Bonchev–Trinajstić information content (AvgIpc) is 3.31. The summed E-state index contributed by atoms with van der Waals surface area (Å²) in [6, 6.07) is 8.27. The number of pyridine rings is 1. The Morgan fingerprint density at radius 3 is 2.70 bits per heavy atom. The van der Waals surface area contributed by atoms with Crippen LogP contribution < -0.4 is 16.9 Å². The molecule has 11 heteroatoms. The van der Waals surface area contributed by atoms with E-state index in [1.54, 1.807) is 30.3 Å². The number of ether oxygens (including phenoxy) is 1. The summed E-state index contributed by atoms with van der Waals surface area (Å²) in [6.45, 7) is 2.92. The first-order valence-electron chi connectivity index (χ1n) is 9.31. The third kappa shape index (κ3) is 3.64. The second kappa shape index (κ2) is 7.50. The van der Waals surface area contributed by atoms with Crippen molar-refractivity contribution >= 4 is 38.5 Å².